The van der Waals surface area contributed by atoms with Gasteiger partial charge in [-0.05, 0) is 49.7 Å². The van der Waals surface area contributed by atoms with E-state index in [1.165, 1.54) is 39.9 Å². The van der Waals surface area contributed by atoms with Gasteiger partial charge in [0, 0.05) is 25.2 Å². The van der Waals surface area contributed by atoms with Crippen LogP contribution < -0.4 is 4.80 Å². The summed E-state index contributed by atoms with van der Waals surface area (Å²) in [7, 11) is -3.60. The number of aromatic nitrogens is 1. The number of sulfonamides is 1. The maximum Gasteiger partial charge on any atom is 0.279 e. The zero-order valence-electron chi connectivity index (χ0n) is 18.1. The van der Waals surface area contributed by atoms with Crippen molar-refractivity contribution in [3.05, 3.63) is 56.8 Å². The molecule has 0 aliphatic carbocycles. The normalized spacial score (nSPS) is 12.8. The van der Waals surface area contributed by atoms with Gasteiger partial charge in [0.2, 0.25) is 10.0 Å². The minimum atomic E-state index is -3.60. The van der Waals surface area contributed by atoms with Crippen LogP contribution in [0.4, 0.5) is 0 Å². The van der Waals surface area contributed by atoms with Crippen LogP contribution in [-0.2, 0) is 16.6 Å². The number of benzene rings is 2. The summed E-state index contributed by atoms with van der Waals surface area (Å²) in [6.07, 6.45) is 1.71. The lowest BCUT2D eigenvalue weighted by Gasteiger charge is -2.20. The third-order valence-corrected chi connectivity index (χ3v) is 8.93. The van der Waals surface area contributed by atoms with Gasteiger partial charge in [-0.25, -0.2) is 8.42 Å². The van der Waals surface area contributed by atoms with Crippen molar-refractivity contribution >= 4 is 60.7 Å². The van der Waals surface area contributed by atoms with Gasteiger partial charge in [-0.3, -0.25) is 4.79 Å². The van der Waals surface area contributed by atoms with Crippen molar-refractivity contribution in [2.45, 2.75) is 45.1 Å². The highest BCUT2D eigenvalue weighted by Crippen LogP contribution is 2.32. The molecule has 0 N–H and O–H groups in total. The van der Waals surface area contributed by atoms with Crippen LogP contribution in [0.5, 0.6) is 0 Å². The molecule has 0 unspecified atom stereocenters. The number of amides is 1. The molecule has 6 nitrogen and oxygen atoms in total. The Morgan fingerprint density at radius 2 is 1.78 bits per heavy atom. The Kier molecular flexibility index (Phi) is 8.16. The van der Waals surface area contributed by atoms with Crippen molar-refractivity contribution in [2.24, 2.45) is 4.99 Å². The fourth-order valence-corrected chi connectivity index (χ4v) is 6.40. The van der Waals surface area contributed by atoms with Gasteiger partial charge in [0.05, 0.1) is 25.2 Å². The van der Waals surface area contributed by atoms with Gasteiger partial charge in [0.1, 0.15) is 0 Å². The number of carbonyl (C=O) groups excluding carboxylic acids is 1. The van der Waals surface area contributed by atoms with Gasteiger partial charge in [0.25, 0.3) is 5.91 Å². The summed E-state index contributed by atoms with van der Waals surface area (Å²) in [4.78, 5) is 17.8. The minimum absolute atomic E-state index is 0.166. The first-order chi connectivity index (χ1) is 15.2. The smallest absolute Gasteiger partial charge is 0.279 e. The number of aryl methyl sites for hydroxylation is 1. The van der Waals surface area contributed by atoms with E-state index in [1.54, 1.807) is 6.07 Å². The average Bonchev–Trinajstić information content (AvgIpc) is 3.14. The summed E-state index contributed by atoms with van der Waals surface area (Å²) in [5.74, 6) is -0.455. The molecule has 0 bridgehead atoms. The molecule has 0 atom stereocenters. The molecule has 0 saturated carbocycles. The van der Waals surface area contributed by atoms with E-state index in [0.717, 1.165) is 23.1 Å². The van der Waals surface area contributed by atoms with Crippen molar-refractivity contribution in [3.63, 3.8) is 0 Å². The molecule has 10 heteroatoms. The molecule has 172 valence electrons. The molecule has 0 radical (unpaired) electrons. The first-order valence-corrected chi connectivity index (χ1v) is 13.4. The van der Waals surface area contributed by atoms with Crippen LogP contribution in [0.3, 0.4) is 0 Å². The SMILES string of the molecule is CCCCN(CC)S(=O)(=O)c1ccc(C(=O)N=c2sc3ccc(Cl)c(Cl)c3n2CC)cc1. The fourth-order valence-electron chi connectivity index (χ4n) is 3.33. The lowest BCUT2D eigenvalue weighted by molar-refractivity contribution is 0.0997. The Bertz CT molecular complexity index is 1300. The molecule has 3 aromatic rings. The molecule has 0 aliphatic heterocycles. The number of rotatable bonds is 8. The topological polar surface area (TPSA) is 71.7 Å². The monoisotopic (exact) mass is 513 g/mol. The third-order valence-electron chi connectivity index (χ3n) is 5.10. The molecule has 0 spiro atoms. The highest BCUT2D eigenvalue weighted by atomic mass is 35.5. The van der Waals surface area contributed by atoms with Crippen molar-refractivity contribution in [1.82, 2.24) is 8.87 Å². The van der Waals surface area contributed by atoms with E-state index in [-0.39, 0.29) is 4.90 Å². The van der Waals surface area contributed by atoms with Crippen molar-refractivity contribution in [3.8, 4) is 0 Å². The third kappa shape index (κ3) is 4.94. The maximum absolute atomic E-state index is 12.9. The molecule has 1 amide bonds. The van der Waals surface area contributed by atoms with Gasteiger partial charge in [-0.15, -0.1) is 0 Å². The van der Waals surface area contributed by atoms with Gasteiger partial charge < -0.3 is 4.57 Å². The van der Waals surface area contributed by atoms with Crippen LogP contribution in [0.2, 0.25) is 10.0 Å². The van der Waals surface area contributed by atoms with Crippen LogP contribution in [-0.4, -0.2) is 36.3 Å². The highest BCUT2D eigenvalue weighted by Gasteiger charge is 2.22. The first-order valence-electron chi connectivity index (χ1n) is 10.4. The van der Waals surface area contributed by atoms with Gasteiger partial charge in [-0.2, -0.15) is 9.30 Å². The number of fused-ring (bicyclic) bond motifs is 1. The predicted molar refractivity (Wildman–Crippen MR) is 131 cm³/mol. The van der Waals surface area contributed by atoms with E-state index < -0.39 is 15.9 Å². The van der Waals surface area contributed by atoms with Gasteiger partial charge in [0.15, 0.2) is 4.80 Å². The van der Waals surface area contributed by atoms with Crippen molar-refractivity contribution in [1.29, 1.82) is 0 Å². The molecule has 0 aliphatic rings. The molecule has 0 saturated heterocycles. The molecule has 1 aromatic heterocycles. The van der Waals surface area contributed by atoms with Crippen LogP contribution in [0, 0.1) is 0 Å². The molecule has 1 heterocycles. The molecule has 32 heavy (non-hydrogen) atoms. The predicted octanol–water partition coefficient (Wildman–Crippen LogP) is 5.58. The Hall–Kier alpha value is -1.71. The summed E-state index contributed by atoms with van der Waals surface area (Å²) >= 11 is 13.9. The molecular weight excluding hydrogens is 489 g/mol. The Morgan fingerprint density at radius 1 is 1.09 bits per heavy atom. The Morgan fingerprint density at radius 3 is 2.38 bits per heavy atom. The minimum Gasteiger partial charge on any atom is -0.315 e. The second kappa shape index (κ2) is 10.5. The van der Waals surface area contributed by atoms with Crippen LogP contribution >= 0.6 is 34.5 Å². The van der Waals surface area contributed by atoms with E-state index in [9.17, 15) is 13.2 Å². The van der Waals surface area contributed by atoms with Gasteiger partial charge >= 0.3 is 0 Å². The zero-order valence-corrected chi connectivity index (χ0v) is 21.3. The molecule has 2 aromatic carbocycles. The quantitative estimate of drug-likeness (QED) is 0.394. The van der Waals surface area contributed by atoms with E-state index in [1.807, 2.05) is 31.4 Å². The summed E-state index contributed by atoms with van der Waals surface area (Å²) < 4.78 is 29.9. The number of hydrogen-bond donors (Lipinski definition) is 0. The number of halogens is 2. The number of hydrogen-bond acceptors (Lipinski definition) is 4. The zero-order chi connectivity index (χ0) is 23.5. The lowest BCUT2D eigenvalue weighted by Crippen LogP contribution is -2.31. The number of unbranched alkanes of at least 4 members (excludes halogenated alkanes) is 1. The highest BCUT2D eigenvalue weighted by molar-refractivity contribution is 7.89. The number of nitrogens with zero attached hydrogens (tertiary/aromatic N) is 3. The summed E-state index contributed by atoms with van der Waals surface area (Å²) in [5, 5.41) is 0.864. The van der Waals surface area contributed by atoms with E-state index >= 15 is 0 Å². The maximum atomic E-state index is 12.9. The second-order valence-corrected chi connectivity index (χ2v) is 10.9. The van der Waals surface area contributed by atoms with E-state index in [0.29, 0.717) is 40.0 Å². The fraction of sp³-hybridized carbons (Fsp3) is 0.364. The lowest BCUT2D eigenvalue weighted by atomic mass is 10.2. The largest absolute Gasteiger partial charge is 0.315 e. The summed E-state index contributed by atoms with van der Waals surface area (Å²) in [5.41, 5.74) is 1.05. The van der Waals surface area contributed by atoms with Crippen molar-refractivity contribution < 1.29 is 13.2 Å². The second-order valence-electron chi connectivity index (χ2n) is 7.13. The number of thiazole rings is 1. The molecule has 0 fully saturated rings. The summed E-state index contributed by atoms with van der Waals surface area (Å²) in [6.45, 7) is 7.20. The standard InChI is InChI=1S/C22H25Cl2N3O3S2/c1-4-7-14-26(5-2)32(29,30)16-10-8-15(9-11-16)21(28)25-22-27(6-3)20-18(31-22)13-12-17(23)19(20)24/h8-13H,4-7,14H2,1-3H3. The summed E-state index contributed by atoms with van der Waals surface area (Å²) in [6, 6.07) is 9.49. The molecule has 3 rings (SSSR count). The van der Waals surface area contributed by atoms with Crippen LogP contribution in [0.15, 0.2) is 46.3 Å². The average molecular weight is 515 g/mol. The first kappa shape index (κ1) is 24.9. The van der Waals surface area contributed by atoms with Crippen molar-refractivity contribution in [2.75, 3.05) is 13.1 Å². The van der Waals surface area contributed by atoms with Crippen LogP contribution in [0.25, 0.3) is 10.2 Å². The number of carbonyl (C=O) groups is 1. The van der Waals surface area contributed by atoms with E-state index in [2.05, 4.69) is 4.99 Å². The van der Waals surface area contributed by atoms with Crippen LogP contribution in [0.1, 0.15) is 44.0 Å². The Labute approximate surface area is 202 Å². The Balaban J connectivity index is 1.95. The molecular formula is C22H25Cl2N3O3S2. The van der Waals surface area contributed by atoms with Gasteiger partial charge in [-0.1, -0.05) is 54.8 Å². The van der Waals surface area contributed by atoms with E-state index in [4.69, 9.17) is 23.2 Å².